The lowest BCUT2D eigenvalue weighted by Gasteiger charge is -2.13. The summed E-state index contributed by atoms with van der Waals surface area (Å²) in [5, 5.41) is 6.10. The summed E-state index contributed by atoms with van der Waals surface area (Å²) in [6, 6.07) is 0. The number of ether oxygens (including phenoxy) is 1. The molecule has 2 heterocycles. The van der Waals surface area contributed by atoms with Crippen LogP contribution in [0.15, 0.2) is 0 Å². The van der Waals surface area contributed by atoms with Gasteiger partial charge in [0.15, 0.2) is 0 Å². The Morgan fingerprint density at radius 3 is 2.42 bits per heavy atom. The molecule has 6 heteroatoms. The van der Waals surface area contributed by atoms with Crippen molar-refractivity contribution in [3.8, 4) is 17.1 Å². The summed E-state index contributed by atoms with van der Waals surface area (Å²) in [5.74, 6) is 0.690. The minimum atomic E-state index is -0.0135. The lowest BCUT2D eigenvalue weighted by Crippen LogP contribution is -2.10. The van der Waals surface area contributed by atoms with Crippen molar-refractivity contribution in [2.24, 2.45) is 7.05 Å². The number of aromatic nitrogens is 3. The summed E-state index contributed by atoms with van der Waals surface area (Å²) in [7, 11) is 3.48. The third-order valence-corrected chi connectivity index (χ3v) is 4.20. The topological polar surface area (TPSA) is 66.0 Å². The molecule has 2 rings (SSSR count). The predicted molar refractivity (Wildman–Crippen MR) is 78.7 cm³/mol. The average Bonchev–Trinajstić information content (AvgIpc) is 2.78. The smallest absolute Gasteiger partial charge is 0.221 e. The summed E-state index contributed by atoms with van der Waals surface area (Å²) in [4.78, 5) is 4.69. The van der Waals surface area contributed by atoms with Crippen LogP contribution in [0.4, 0.5) is 5.00 Å². The minimum Gasteiger partial charge on any atom is -0.481 e. The monoisotopic (exact) mass is 280 g/mol. The molecule has 2 N–H and O–H groups in total. The van der Waals surface area contributed by atoms with E-state index in [1.807, 2.05) is 14.0 Å². The van der Waals surface area contributed by atoms with Crippen LogP contribution in [0.5, 0.6) is 5.88 Å². The Labute approximate surface area is 117 Å². The highest BCUT2D eigenvalue weighted by Crippen LogP contribution is 2.40. The first-order valence-electron chi connectivity index (χ1n) is 6.10. The van der Waals surface area contributed by atoms with Gasteiger partial charge in [-0.15, -0.1) is 11.3 Å². The molecule has 0 atom stereocenters. The van der Waals surface area contributed by atoms with Crippen molar-refractivity contribution in [1.29, 1.82) is 0 Å². The van der Waals surface area contributed by atoms with Crippen molar-refractivity contribution in [3.63, 3.8) is 0 Å². The molecule has 0 aliphatic carbocycles. The Kier molecular flexibility index (Phi) is 3.30. The van der Waals surface area contributed by atoms with Crippen LogP contribution in [0.3, 0.4) is 0 Å². The lowest BCUT2D eigenvalue weighted by atomic mass is 9.98. The largest absolute Gasteiger partial charge is 0.481 e. The van der Waals surface area contributed by atoms with Gasteiger partial charge in [-0.1, -0.05) is 20.8 Å². The number of nitrogens with two attached hydrogens (primary N) is 1. The van der Waals surface area contributed by atoms with Crippen LogP contribution in [-0.4, -0.2) is 21.9 Å². The third kappa shape index (κ3) is 2.32. The van der Waals surface area contributed by atoms with Gasteiger partial charge in [0.25, 0.3) is 0 Å². The van der Waals surface area contributed by atoms with Crippen LogP contribution < -0.4 is 10.5 Å². The van der Waals surface area contributed by atoms with E-state index < -0.39 is 0 Å². The third-order valence-electron chi connectivity index (χ3n) is 2.89. The first-order chi connectivity index (χ1) is 8.75. The van der Waals surface area contributed by atoms with Crippen LogP contribution in [-0.2, 0) is 12.5 Å². The van der Waals surface area contributed by atoms with Crippen molar-refractivity contribution in [2.45, 2.75) is 33.1 Å². The number of aryl methyl sites for hydroxylation is 2. The number of rotatable bonds is 2. The van der Waals surface area contributed by atoms with E-state index in [4.69, 9.17) is 15.5 Å². The van der Waals surface area contributed by atoms with Gasteiger partial charge in [-0.3, -0.25) is 0 Å². The second-order valence-electron chi connectivity index (χ2n) is 5.58. The number of thiazole rings is 1. The Morgan fingerprint density at radius 1 is 1.32 bits per heavy atom. The van der Waals surface area contributed by atoms with Crippen LogP contribution in [0.2, 0.25) is 0 Å². The van der Waals surface area contributed by atoms with Crippen molar-refractivity contribution >= 4 is 16.3 Å². The van der Waals surface area contributed by atoms with Gasteiger partial charge in [-0.05, 0) is 6.92 Å². The highest BCUT2D eigenvalue weighted by molar-refractivity contribution is 7.16. The Morgan fingerprint density at radius 2 is 1.95 bits per heavy atom. The summed E-state index contributed by atoms with van der Waals surface area (Å²) in [6.07, 6.45) is 0. The van der Waals surface area contributed by atoms with Gasteiger partial charge in [-0.25, -0.2) is 9.67 Å². The Hall–Kier alpha value is -1.56. The second kappa shape index (κ2) is 4.52. The Balaban J connectivity index is 2.63. The van der Waals surface area contributed by atoms with E-state index in [-0.39, 0.29) is 5.41 Å². The molecule has 0 fully saturated rings. The zero-order chi connectivity index (χ0) is 14.4. The van der Waals surface area contributed by atoms with Gasteiger partial charge >= 0.3 is 0 Å². The second-order valence-corrected chi connectivity index (χ2v) is 6.61. The molecular weight excluding hydrogens is 260 g/mol. The Bertz CT molecular complexity index is 607. The highest BCUT2D eigenvalue weighted by Gasteiger charge is 2.25. The molecule has 0 radical (unpaired) electrons. The quantitative estimate of drug-likeness (QED) is 0.918. The van der Waals surface area contributed by atoms with Gasteiger partial charge in [0.1, 0.15) is 15.7 Å². The zero-order valence-corrected chi connectivity index (χ0v) is 13.1. The molecule has 0 saturated heterocycles. The molecule has 0 aromatic carbocycles. The normalized spacial score (nSPS) is 11.9. The number of hydrogen-bond donors (Lipinski definition) is 1. The first kappa shape index (κ1) is 13.9. The van der Waals surface area contributed by atoms with Crippen LogP contribution in [0.1, 0.15) is 31.5 Å². The molecule has 0 amide bonds. The van der Waals surface area contributed by atoms with E-state index in [1.54, 1.807) is 11.8 Å². The number of hydrogen-bond acceptors (Lipinski definition) is 5. The van der Waals surface area contributed by atoms with Crippen molar-refractivity contribution < 1.29 is 4.74 Å². The fraction of sp³-hybridized carbons (Fsp3) is 0.538. The van der Waals surface area contributed by atoms with Crippen LogP contribution in [0.25, 0.3) is 11.3 Å². The molecule has 104 valence electrons. The van der Waals surface area contributed by atoms with Crippen LogP contribution >= 0.6 is 11.3 Å². The van der Waals surface area contributed by atoms with E-state index in [9.17, 15) is 0 Å². The summed E-state index contributed by atoms with van der Waals surface area (Å²) in [6.45, 7) is 8.32. The molecule has 0 spiro atoms. The summed E-state index contributed by atoms with van der Waals surface area (Å²) < 4.78 is 7.12. The fourth-order valence-electron chi connectivity index (χ4n) is 1.98. The molecule has 5 nitrogen and oxygen atoms in total. The van der Waals surface area contributed by atoms with Gasteiger partial charge in [0, 0.05) is 12.5 Å². The van der Waals surface area contributed by atoms with Gasteiger partial charge in [0.05, 0.1) is 18.4 Å². The van der Waals surface area contributed by atoms with Gasteiger partial charge < -0.3 is 10.5 Å². The molecule has 2 aromatic rings. The fourth-order valence-corrected chi connectivity index (χ4v) is 2.87. The highest BCUT2D eigenvalue weighted by atomic mass is 32.1. The summed E-state index contributed by atoms with van der Waals surface area (Å²) in [5.41, 5.74) is 8.65. The molecule has 2 aromatic heterocycles. The SMILES string of the molecule is COc1c(-c2nc(C(C)(C)C)sc2N)c(C)nn1C. The van der Waals surface area contributed by atoms with E-state index in [0.717, 1.165) is 22.0 Å². The molecule has 0 aliphatic heterocycles. The number of nitrogen functional groups attached to an aromatic ring is 1. The van der Waals surface area contributed by atoms with Crippen LogP contribution in [0, 0.1) is 6.92 Å². The molecule has 19 heavy (non-hydrogen) atoms. The van der Waals surface area contributed by atoms with Gasteiger partial charge in [0.2, 0.25) is 5.88 Å². The molecule has 0 bridgehead atoms. The van der Waals surface area contributed by atoms with E-state index in [0.29, 0.717) is 10.9 Å². The van der Waals surface area contributed by atoms with Crippen molar-refractivity contribution in [2.75, 3.05) is 12.8 Å². The number of methoxy groups -OCH3 is 1. The minimum absolute atomic E-state index is 0.0135. The van der Waals surface area contributed by atoms with E-state index in [1.165, 1.54) is 11.3 Å². The molecule has 0 aliphatic rings. The summed E-state index contributed by atoms with van der Waals surface area (Å²) >= 11 is 1.53. The maximum atomic E-state index is 6.14. The standard InChI is InChI=1S/C13H20N4OS/c1-7-8(11(18-6)17(5)16-7)9-10(14)19-12(15-9)13(2,3)4/h14H2,1-6H3. The maximum absolute atomic E-state index is 6.14. The lowest BCUT2D eigenvalue weighted by molar-refractivity contribution is 0.374. The van der Waals surface area contributed by atoms with Crippen molar-refractivity contribution in [1.82, 2.24) is 14.8 Å². The van der Waals surface area contributed by atoms with E-state index >= 15 is 0 Å². The first-order valence-corrected chi connectivity index (χ1v) is 6.92. The molecule has 0 saturated carbocycles. The average molecular weight is 280 g/mol. The maximum Gasteiger partial charge on any atom is 0.221 e. The molecular formula is C13H20N4OS. The number of anilines is 1. The molecule has 0 unspecified atom stereocenters. The zero-order valence-electron chi connectivity index (χ0n) is 12.2. The van der Waals surface area contributed by atoms with Gasteiger partial charge in [-0.2, -0.15) is 5.10 Å². The number of nitrogens with zero attached hydrogens (tertiary/aromatic N) is 3. The van der Waals surface area contributed by atoms with Crippen molar-refractivity contribution in [3.05, 3.63) is 10.7 Å². The van der Waals surface area contributed by atoms with E-state index in [2.05, 4.69) is 25.9 Å². The predicted octanol–water partition coefficient (Wildman–Crippen LogP) is 2.74.